The lowest BCUT2D eigenvalue weighted by Crippen LogP contribution is -2.24. The second-order valence-corrected chi connectivity index (χ2v) is 6.88. The summed E-state index contributed by atoms with van der Waals surface area (Å²) < 4.78 is 13.9. The highest BCUT2D eigenvalue weighted by atomic mass is 79.9. The number of carbonyl (C=O) groups excluding carboxylic acids is 1. The van der Waals surface area contributed by atoms with E-state index in [1.165, 1.54) is 4.68 Å². The molecule has 0 bridgehead atoms. The number of nitrogens with zero attached hydrogens (tertiary/aromatic N) is 3. The molecule has 1 atom stereocenters. The molecule has 142 valence electrons. The highest BCUT2D eigenvalue weighted by Crippen LogP contribution is 2.26. The maximum absolute atomic E-state index is 12.9. The molecule has 0 saturated carbocycles. The van der Waals surface area contributed by atoms with Crippen molar-refractivity contribution in [2.45, 2.75) is 26.4 Å². The van der Waals surface area contributed by atoms with Gasteiger partial charge < -0.3 is 14.0 Å². The minimum atomic E-state index is -0.558. The summed E-state index contributed by atoms with van der Waals surface area (Å²) in [7, 11) is 1.61. The van der Waals surface area contributed by atoms with Gasteiger partial charge in [-0.3, -0.25) is 4.79 Å². The summed E-state index contributed by atoms with van der Waals surface area (Å²) in [6.07, 6.45) is 3.31. The second kappa shape index (κ2) is 7.96. The molecule has 0 fully saturated rings. The van der Waals surface area contributed by atoms with E-state index >= 15 is 0 Å². The molecule has 1 aromatic carbocycles. The zero-order chi connectivity index (χ0) is 19.6. The van der Waals surface area contributed by atoms with Gasteiger partial charge in [-0.15, -0.1) is 0 Å². The molecule has 2 heterocycles. The Kier molecular flexibility index (Phi) is 5.65. The Morgan fingerprint density at radius 2 is 2.00 bits per heavy atom. The Labute approximate surface area is 164 Å². The van der Waals surface area contributed by atoms with Crippen molar-refractivity contribution >= 4 is 32.8 Å². The van der Waals surface area contributed by atoms with Crippen molar-refractivity contribution < 1.29 is 14.3 Å². The molecule has 0 amide bonds. The maximum Gasteiger partial charge on any atom is 0.328 e. The van der Waals surface area contributed by atoms with Crippen molar-refractivity contribution in [2.24, 2.45) is 0 Å². The molecule has 8 heteroatoms. The first-order chi connectivity index (χ1) is 13.0. The van der Waals surface area contributed by atoms with Crippen LogP contribution in [0, 0.1) is 0 Å². The van der Waals surface area contributed by atoms with Crippen LogP contribution >= 0.6 is 15.9 Å². The summed E-state index contributed by atoms with van der Waals surface area (Å²) in [5.41, 5.74) is 1.28. The van der Waals surface area contributed by atoms with Gasteiger partial charge >= 0.3 is 5.97 Å². The third-order valence-electron chi connectivity index (χ3n) is 4.33. The van der Waals surface area contributed by atoms with Gasteiger partial charge in [0, 0.05) is 10.7 Å². The largest absolute Gasteiger partial charge is 0.497 e. The van der Waals surface area contributed by atoms with E-state index in [1.54, 1.807) is 37.9 Å². The zero-order valence-corrected chi connectivity index (χ0v) is 16.9. The van der Waals surface area contributed by atoms with Crippen LogP contribution in [-0.4, -0.2) is 34.0 Å². The van der Waals surface area contributed by atoms with Crippen molar-refractivity contribution in [2.75, 3.05) is 13.7 Å². The second-order valence-electron chi connectivity index (χ2n) is 6.03. The minimum Gasteiger partial charge on any atom is -0.497 e. The number of carbonyl (C=O) groups is 1. The van der Waals surface area contributed by atoms with E-state index in [1.807, 2.05) is 24.3 Å². The van der Waals surface area contributed by atoms with Crippen LogP contribution in [-0.2, 0) is 16.1 Å². The standard InChI is InChI=1S/C19H20BrN3O4/c1-4-27-19(25)12(2)22-11-15(20)17-16(22)9-21-23(18(17)24)10-13-5-7-14(26-3)8-6-13/h5-9,11-12H,4,10H2,1-3H3. The van der Waals surface area contributed by atoms with Crippen LogP contribution in [0.4, 0.5) is 0 Å². The van der Waals surface area contributed by atoms with Crippen LogP contribution in [0.15, 0.2) is 45.9 Å². The Hall–Kier alpha value is -2.61. The molecule has 3 aromatic rings. The average molecular weight is 434 g/mol. The first-order valence-electron chi connectivity index (χ1n) is 8.52. The summed E-state index contributed by atoms with van der Waals surface area (Å²) in [6.45, 7) is 4.13. The van der Waals surface area contributed by atoms with Crippen molar-refractivity contribution in [1.29, 1.82) is 0 Å². The number of hydrogen-bond donors (Lipinski definition) is 0. The number of halogens is 1. The van der Waals surface area contributed by atoms with Crippen LogP contribution in [0.2, 0.25) is 0 Å². The molecule has 0 radical (unpaired) electrons. The lowest BCUT2D eigenvalue weighted by molar-refractivity contribution is -0.146. The third-order valence-corrected chi connectivity index (χ3v) is 4.93. The molecule has 3 rings (SSSR count). The molecule has 0 spiro atoms. The number of fused-ring (bicyclic) bond motifs is 1. The van der Waals surface area contributed by atoms with Crippen LogP contribution in [0.1, 0.15) is 25.5 Å². The number of methoxy groups -OCH3 is 1. The molecule has 0 aliphatic rings. The number of rotatable bonds is 6. The molecule has 7 nitrogen and oxygen atoms in total. The quantitative estimate of drug-likeness (QED) is 0.558. The van der Waals surface area contributed by atoms with Crippen LogP contribution in [0.25, 0.3) is 10.9 Å². The fraction of sp³-hybridized carbons (Fsp3) is 0.316. The van der Waals surface area contributed by atoms with E-state index in [4.69, 9.17) is 9.47 Å². The van der Waals surface area contributed by atoms with Gasteiger partial charge in [-0.2, -0.15) is 5.10 Å². The Morgan fingerprint density at radius 3 is 2.63 bits per heavy atom. The van der Waals surface area contributed by atoms with Crippen molar-refractivity contribution in [1.82, 2.24) is 14.3 Å². The van der Waals surface area contributed by atoms with Crippen LogP contribution in [0.5, 0.6) is 5.75 Å². The predicted molar refractivity (Wildman–Crippen MR) is 105 cm³/mol. The molecule has 2 aromatic heterocycles. The predicted octanol–water partition coefficient (Wildman–Crippen LogP) is 3.14. The Morgan fingerprint density at radius 1 is 1.30 bits per heavy atom. The lowest BCUT2D eigenvalue weighted by Gasteiger charge is -2.13. The van der Waals surface area contributed by atoms with Crippen molar-refractivity contribution in [3.05, 3.63) is 57.0 Å². The molecule has 0 N–H and O–H groups in total. The highest BCUT2D eigenvalue weighted by molar-refractivity contribution is 9.10. The van der Waals surface area contributed by atoms with E-state index < -0.39 is 6.04 Å². The zero-order valence-electron chi connectivity index (χ0n) is 15.3. The van der Waals surface area contributed by atoms with E-state index in [0.29, 0.717) is 28.5 Å². The number of esters is 1. The highest BCUT2D eigenvalue weighted by Gasteiger charge is 2.21. The molecule has 0 saturated heterocycles. The van der Waals surface area contributed by atoms with Gasteiger partial charge in [0.25, 0.3) is 5.56 Å². The van der Waals surface area contributed by atoms with E-state index in [9.17, 15) is 9.59 Å². The van der Waals surface area contributed by atoms with Gasteiger partial charge in [-0.05, 0) is 47.5 Å². The van der Waals surface area contributed by atoms with Gasteiger partial charge in [0.05, 0.1) is 37.4 Å². The fourth-order valence-electron chi connectivity index (χ4n) is 2.87. The van der Waals surface area contributed by atoms with E-state index in [2.05, 4.69) is 21.0 Å². The summed E-state index contributed by atoms with van der Waals surface area (Å²) in [6, 6.07) is 6.90. The summed E-state index contributed by atoms with van der Waals surface area (Å²) in [5.74, 6) is 0.395. The fourth-order valence-corrected chi connectivity index (χ4v) is 3.46. The monoisotopic (exact) mass is 433 g/mol. The van der Waals surface area contributed by atoms with Gasteiger partial charge in [0.2, 0.25) is 0 Å². The number of ether oxygens (including phenoxy) is 2. The smallest absolute Gasteiger partial charge is 0.328 e. The first kappa shape index (κ1) is 19.2. The number of benzene rings is 1. The van der Waals surface area contributed by atoms with Gasteiger partial charge in [0.1, 0.15) is 11.8 Å². The minimum absolute atomic E-state index is 0.231. The van der Waals surface area contributed by atoms with E-state index in [-0.39, 0.29) is 11.5 Å². The molecular formula is C19H20BrN3O4. The molecule has 0 aliphatic heterocycles. The third kappa shape index (κ3) is 3.75. The van der Waals surface area contributed by atoms with Gasteiger partial charge in [-0.1, -0.05) is 12.1 Å². The van der Waals surface area contributed by atoms with E-state index in [0.717, 1.165) is 11.3 Å². The van der Waals surface area contributed by atoms with Crippen molar-refractivity contribution in [3.63, 3.8) is 0 Å². The number of aromatic nitrogens is 3. The average Bonchev–Trinajstić information content (AvgIpc) is 3.01. The molecular weight excluding hydrogens is 414 g/mol. The normalized spacial score (nSPS) is 12.1. The van der Waals surface area contributed by atoms with Crippen LogP contribution < -0.4 is 10.3 Å². The Bertz CT molecular complexity index is 1020. The molecule has 27 heavy (non-hydrogen) atoms. The maximum atomic E-state index is 12.9. The first-order valence-corrected chi connectivity index (χ1v) is 9.31. The van der Waals surface area contributed by atoms with Crippen LogP contribution in [0.3, 0.4) is 0 Å². The van der Waals surface area contributed by atoms with Gasteiger partial charge in [0.15, 0.2) is 0 Å². The topological polar surface area (TPSA) is 75.3 Å². The van der Waals surface area contributed by atoms with Gasteiger partial charge in [-0.25, -0.2) is 9.48 Å². The SMILES string of the molecule is CCOC(=O)C(C)n1cc(Br)c2c(=O)n(Cc3ccc(OC)cc3)ncc21. The summed E-state index contributed by atoms with van der Waals surface area (Å²) in [4.78, 5) is 25.0. The number of hydrogen-bond acceptors (Lipinski definition) is 5. The lowest BCUT2D eigenvalue weighted by atomic mass is 10.2. The summed E-state index contributed by atoms with van der Waals surface area (Å²) >= 11 is 3.43. The molecule has 0 aliphatic carbocycles. The molecule has 1 unspecified atom stereocenters. The Balaban J connectivity index is 1.98. The van der Waals surface area contributed by atoms with Crippen molar-refractivity contribution in [3.8, 4) is 5.75 Å². The summed E-state index contributed by atoms with van der Waals surface area (Å²) in [5, 5.41) is 4.77.